The monoisotopic (exact) mass is 435 g/mol. The maximum absolute atomic E-state index is 15.4. The van der Waals surface area contributed by atoms with Gasteiger partial charge in [-0.2, -0.15) is 10.4 Å². The number of nitrogen functional groups attached to an aromatic ring is 1. The average molecular weight is 435 g/mol. The molecule has 3 aromatic carbocycles. The number of fused-ring (bicyclic) bond motifs is 4. The predicted molar refractivity (Wildman–Crippen MR) is 124 cm³/mol. The van der Waals surface area contributed by atoms with Gasteiger partial charge in [0.05, 0.1) is 41.7 Å². The lowest BCUT2D eigenvalue weighted by Gasteiger charge is -2.13. The van der Waals surface area contributed by atoms with Crippen molar-refractivity contribution in [2.24, 2.45) is 7.05 Å². The number of ether oxygens (including phenoxy) is 1. The molecule has 160 valence electrons. The lowest BCUT2D eigenvalue weighted by atomic mass is 9.93. The van der Waals surface area contributed by atoms with Gasteiger partial charge in [-0.05, 0) is 28.6 Å². The molecule has 3 heterocycles. The van der Waals surface area contributed by atoms with E-state index in [0.717, 1.165) is 27.6 Å². The SMILES string of the molecule is Cn1ncc(-c2ccc3c4c(c(N)nc3c2)COC4)c1-c1c(F)cc2ccccc2c1C#N. The van der Waals surface area contributed by atoms with Crippen molar-refractivity contribution in [1.29, 1.82) is 5.26 Å². The van der Waals surface area contributed by atoms with E-state index >= 15 is 4.39 Å². The molecule has 33 heavy (non-hydrogen) atoms. The fourth-order valence-corrected chi connectivity index (χ4v) is 4.75. The number of hydrogen-bond acceptors (Lipinski definition) is 5. The highest BCUT2D eigenvalue weighted by Crippen LogP contribution is 2.40. The molecule has 0 amide bonds. The molecular formula is C26H18FN5O. The molecule has 0 atom stereocenters. The van der Waals surface area contributed by atoms with Gasteiger partial charge in [0, 0.05) is 28.9 Å². The van der Waals surface area contributed by atoms with E-state index in [1.807, 2.05) is 36.4 Å². The van der Waals surface area contributed by atoms with Gasteiger partial charge in [-0.3, -0.25) is 4.68 Å². The molecule has 0 spiro atoms. The van der Waals surface area contributed by atoms with Gasteiger partial charge in [0.2, 0.25) is 0 Å². The number of aryl methyl sites for hydroxylation is 1. The molecule has 2 aromatic heterocycles. The molecule has 7 heteroatoms. The summed E-state index contributed by atoms with van der Waals surface area (Å²) in [7, 11) is 1.75. The minimum absolute atomic E-state index is 0.237. The van der Waals surface area contributed by atoms with Crippen molar-refractivity contribution < 1.29 is 9.13 Å². The van der Waals surface area contributed by atoms with E-state index in [4.69, 9.17) is 10.5 Å². The number of halogens is 1. The zero-order chi connectivity index (χ0) is 22.7. The third-order valence-electron chi connectivity index (χ3n) is 6.33. The van der Waals surface area contributed by atoms with Gasteiger partial charge in [-0.25, -0.2) is 9.37 Å². The highest BCUT2D eigenvalue weighted by molar-refractivity contribution is 5.98. The summed E-state index contributed by atoms with van der Waals surface area (Å²) in [5.41, 5.74) is 11.5. The van der Waals surface area contributed by atoms with Crippen LogP contribution < -0.4 is 5.73 Å². The normalized spacial score (nSPS) is 12.9. The molecule has 6 rings (SSSR count). The van der Waals surface area contributed by atoms with Crippen molar-refractivity contribution >= 4 is 27.5 Å². The van der Waals surface area contributed by atoms with Crippen LogP contribution in [0.1, 0.15) is 16.7 Å². The van der Waals surface area contributed by atoms with Crippen LogP contribution in [0.25, 0.3) is 44.1 Å². The first-order chi connectivity index (χ1) is 16.1. The molecule has 2 N–H and O–H groups in total. The number of benzene rings is 3. The first kappa shape index (κ1) is 19.4. The Hall–Kier alpha value is -4.28. The van der Waals surface area contributed by atoms with Gasteiger partial charge in [-0.1, -0.05) is 36.4 Å². The standard InChI is InChI=1S/C26H18FN5O/c1-32-25(24-18(10-28)16-5-3-2-4-14(16)8-22(24)27)19(11-30-32)15-6-7-17-20-12-33-13-21(20)26(29)31-23(17)9-15/h2-9,11H,12-13H2,1H3,(H2,29,31). The van der Waals surface area contributed by atoms with Crippen molar-refractivity contribution in [1.82, 2.24) is 14.8 Å². The zero-order valence-electron chi connectivity index (χ0n) is 17.8. The van der Waals surface area contributed by atoms with Crippen LogP contribution >= 0.6 is 0 Å². The van der Waals surface area contributed by atoms with Crippen LogP contribution in [-0.4, -0.2) is 14.8 Å². The smallest absolute Gasteiger partial charge is 0.134 e. The summed E-state index contributed by atoms with van der Waals surface area (Å²) in [6, 6.07) is 16.9. The van der Waals surface area contributed by atoms with Crippen LogP contribution in [-0.2, 0) is 25.0 Å². The quantitative estimate of drug-likeness (QED) is 0.418. The summed E-state index contributed by atoms with van der Waals surface area (Å²) in [6.45, 7) is 0.973. The van der Waals surface area contributed by atoms with Crippen LogP contribution in [0.15, 0.2) is 54.7 Å². The molecule has 0 bridgehead atoms. The second-order valence-electron chi connectivity index (χ2n) is 8.15. The van der Waals surface area contributed by atoms with Crippen molar-refractivity contribution in [3.8, 4) is 28.5 Å². The predicted octanol–water partition coefficient (Wildman–Crippen LogP) is 5.08. The Bertz CT molecular complexity index is 1650. The van der Waals surface area contributed by atoms with E-state index < -0.39 is 5.82 Å². The van der Waals surface area contributed by atoms with E-state index in [0.29, 0.717) is 41.1 Å². The lowest BCUT2D eigenvalue weighted by Crippen LogP contribution is -2.01. The number of nitriles is 1. The molecule has 0 saturated carbocycles. The van der Waals surface area contributed by atoms with Crippen LogP contribution in [0.3, 0.4) is 0 Å². The molecule has 1 aliphatic rings. The Kier molecular flexibility index (Phi) is 4.19. The van der Waals surface area contributed by atoms with Crippen LogP contribution in [0, 0.1) is 17.1 Å². The summed E-state index contributed by atoms with van der Waals surface area (Å²) in [6.07, 6.45) is 1.69. The molecule has 5 aromatic rings. The van der Waals surface area contributed by atoms with Gasteiger partial charge in [0.15, 0.2) is 0 Å². The molecule has 6 nitrogen and oxygen atoms in total. The number of hydrogen-bond donors (Lipinski definition) is 1. The van der Waals surface area contributed by atoms with Crippen LogP contribution in [0.2, 0.25) is 0 Å². The number of nitrogens with zero attached hydrogens (tertiary/aromatic N) is 4. The van der Waals surface area contributed by atoms with Gasteiger partial charge >= 0.3 is 0 Å². The van der Waals surface area contributed by atoms with Crippen molar-refractivity contribution in [3.63, 3.8) is 0 Å². The van der Waals surface area contributed by atoms with E-state index in [9.17, 15) is 5.26 Å². The molecule has 0 saturated heterocycles. The largest absolute Gasteiger partial charge is 0.383 e. The summed E-state index contributed by atoms with van der Waals surface area (Å²) < 4.78 is 22.6. The number of anilines is 1. The highest BCUT2D eigenvalue weighted by atomic mass is 19.1. The minimum Gasteiger partial charge on any atom is -0.383 e. The number of rotatable bonds is 2. The lowest BCUT2D eigenvalue weighted by molar-refractivity contribution is 0.135. The Morgan fingerprint density at radius 2 is 1.91 bits per heavy atom. The molecular weight excluding hydrogens is 417 g/mol. The Balaban J connectivity index is 1.61. The fourth-order valence-electron chi connectivity index (χ4n) is 4.75. The first-order valence-electron chi connectivity index (χ1n) is 10.5. The van der Waals surface area contributed by atoms with Crippen molar-refractivity contribution in [2.75, 3.05) is 5.73 Å². The van der Waals surface area contributed by atoms with Crippen molar-refractivity contribution in [3.05, 3.63) is 77.2 Å². The molecule has 0 radical (unpaired) electrons. The van der Waals surface area contributed by atoms with Gasteiger partial charge in [0.25, 0.3) is 0 Å². The van der Waals surface area contributed by atoms with E-state index in [1.54, 1.807) is 24.0 Å². The second kappa shape index (κ2) is 7.12. The third kappa shape index (κ3) is 2.81. The van der Waals surface area contributed by atoms with E-state index in [1.165, 1.54) is 6.07 Å². The Labute approximate surface area is 188 Å². The van der Waals surface area contributed by atoms with E-state index in [-0.39, 0.29) is 11.1 Å². The minimum atomic E-state index is -0.465. The zero-order valence-corrected chi connectivity index (χ0v) is 17.8. The highest BCUT2D eigenvalue weighted by Gasteiger charge is 2.24. The van der Waals surface area contributed by atoms with Gasteiger partial charge < -0.3 is 10.5 Å². The fraction of sp³-hybridized carbons (Fsp3) is 0.115. The average Bonchev–Trinajstić information content (AvgIpc) is 3.45. The molecule has 1 aliphatic heterocycles. The Morgan fingerprint density at radius 1 is 1.09 bits per heavy atom. The first-order valence-corrected chi connectivity index (χ1v) is 10.5. The molecule has 0 fully saturated rings. The summed E-state index contributed by atoms with van der Waals surface area (Å²) in [5.74, 6) is -0.000808. The summed E-state index contributed by atoms with van der Waals surface area (Å²) in [4.78, 5) is 4.58. The topological polar surface area (TPSA) is 89.8 Å². The maximum Gasteiger partial charge on any atom is 0.134 e. The number of nitrogens with two attached hydrogens (primary N) is 1. The van der Waals surface area contributed by atoms with Crippen LogP contribution in [0.4, 0.5) is 10.2 Å². The number of aromatic nitrogens is 3. The van der Waals surface area contributed by atoms with E-state index in [2.05, 4.69) is 16.2 Å². The van der Waals surface area contributed by atoms with Gasteiger partial charge in [-0.15, -0.1) is 0 Å². The maximum atomic E-state index is 15.4. The van der Waals surface area contributed by atoms with Crippen molar-refractivity contribution in [2.45, 2.75) is 13.2 Å². The van der Waals surface area contributed by atoms with Gasteiger partial charge in [0.1, 0.15) is 17.7 Å². The molecule has 0 aliphatic carbocycles. The molecule has 0 unspecified atom stereocenters. The summed E-state index contributed by atoms with van der Waals surface area (Å²) >= 11 is 0. The third-order valence-corrected chi connectivity index (χ3v) is 6.33. The second-order valence-corrected chi connectivity index (χ2v) is 8.15. The Morgan fingerprint density at radius 3 is 2.76 bits per heavy atom. The van der Waals surface area contributed by atoms with Crippen LogP contribution in [0.5, 0.6) is 0 Å². The summed E-state index contributed by atoms with van der Waals surface area (Å²) in [5, 5.41) is 16.7. The number of pyridine rings is 1.